The van der Waals surface area contributed by atoms with Crippen molar-refractivity contribution in [1.29, 1.82) is 0 Å². The molecule has 0 aliphatic heterocycles. The van der Waals surface area contributed by atoms with Crippen molar-refractivity contribution in [3.8, 4) is 0 Å². The molecule has 20 heavy (non-hydrogen) atoms. The maximum Gasteiger partial charge on any atom is 0.251 e. The second-order valence-electron chi connectivity index (χ2n) is 5.34. The van der Waals surface area contributed by atoms with Crippen molar-refractivity contribution in [2.75, 3.05) is 25.6 Å². The largest absolute Gasteiger partial charge is 0.383 e. The molecular weight excluding hydrogens is 252 g/mol. The van der Waals surface area contributed by atoms with Gasteiger partial charge in [-0.05, 0) is 37.5 Å². The zero-order valence-corrected chi connectivity index (χ0v) is 13.1. The van der Waals surface area contributed by atoms with Crippen LogP contribution >= 0.6 is 0 Å². The number of hydrogen-bond acceptors (Lipinski definition) is 3. The number of nitrogens with one attached hydrogen (secondary N) is 2. The smallest absolute Gasteiger partial charge is 0.251 e. The van der Waals surface area contributed by atoms with Gasteiger partial charge in [-0.25, -0.2) is 0 Å². The van der Waals surface area contributed by atoms with Gasteiger partial charge >= 0.3 is 0 Å². The molecule has 0 spiro atoms. The van der Waals surface area contributed by atoms with E-state index in [4.69, 9.17) is 4.74 Å². The van der Waals surface area contributed by atoms with Gasteiger partial charge in [0.1, 0.15) is 0 Å². The fraction of sp³-hybridized carbons (Fsp3) is 0.562. The van der Waals surface area contributed by atoms with Crippen LogP contribution in [0.25, 0.3) is 0 Å². The monoisotopic (exact) mass is 278 g/mol. The van der Waals surface area contributed by atoms with Gasteiger partial charge in [0, 0.05) is 24.9 Å². The molecule has 1 atom stereocenters. The minimum Gasteiger partial charge on any atom is -0.383 e. The number of benzene rings is 1. The first-order chi connectivity index (χ1) is 9.49. The molecule has 0 aliphatic carbocycles. The first-order valence-corrected chi connectivity index (χ1v) is 7.13. The molecule has 2 N–H and O–H groups in total. The van der Waals surface area contributed by atoms with Crippen LogP contribution in [0.3, 0.4) is 0 Å². The van der Waals surface area contributed by atoms with Crippen LogP contribution in [-0.2, 0) is 4.74 Å². The zero-order valence-electron chi connectivity index (χ0n) is 13.1. The molecule has 0 saturated carbocycles. The van der Waals surface area contributed by atoms with Crippen molar-refractivity contribution in [2.24, 2.45) is 5.92 Å². The van der Waals surface area contributed by atoms with E-state index >= 15 is 0 Å². The third kappa shape index (κ3) is 4.53. The predicted octanol–water partition coefficient (Wildman–Crippen LogP) is 2.83. The third-order valence-electron chi connectivity index (χ3n) is 3.33. The number of hydrogen-bond donors (Lipinski definition) is 2. The van der Waals surface area contributed by atoms with E-state index in [2.05, 4.69) is 24.5 Å². The normalized spacial score (nSPS) is 12.3. The quantitative estimate of drug-likeness (QED) is 0.806. The molecule has 0 aliphatic rings. The number of carbonyl (C=O) groups excluding carboxylic acids is 1. The predicted molar refractivity (Wildman–Crippen MR) is 83.3 cm³/mol. The average Bonchev–Trinajstić information content (AvgIpc) is 2.40. The first-order valence-electron chi connectivity index (χ1n) is 7.13. The number of methoxy groups -OCH3 is 1. The molecule has 1 aromatic rings. The highest BCUT2D eigenvalue weighted by Crippen LogP contribution is 2.20. The lowest BCUT2D eigenvalue weighted by Crippen LogP contribution is -2.31. The molecule has 1 amide bonds. The molecular formula is C16H26N2O2. The zero-order chi connectivity index (χ0) is 15.1. The summed E-state index contributed by atoms with van der Waals surface area (Å²) in [6, 6.07) is 5.96. The van der Waals surface area contributed by atoms with Gasteiger partial charge < -0.3 is 15.4 Å². The van der Waals surface area contributed by atoms with E-state index in [0.717, 1.165) is 11.3 Å². The highest BCUT2D eigenvalue weighted by atomic mass is 16.5. The summed E-state index contributed by atoms with van der Waals surface area (Å²) in [7, 11) is 1.70. The van der Waals surface area contributed by atoms with Crippen LogP contribution in [0.5, 0.6) is 0 Å². The maximum atomic E-state index is 11.9. The second kappa shape index (κ2) is 7.90. The number of carbonyl (C=O) groups is 1. The fourth-order valence-corrected chi connectivity index (χ4v) is 1.96. The van der Waals surface area contributed by atoms with Crippen LogP contribution < -0.4 is 10.6 Å². The molecule has 0 heterocycles. The summed E-state index contributed by atoms with van der Waals surface area (Å²) in [6.07, 6.45) is 0. The van der Waals surface area contributed by atoms with Crippen molar-refractivity contribution in [3.63, 3.8) is 0 Å². The summed E-state index contributed by atoms with van der Waals surface area (Å²) in [5.74, 6) is 0.408. The Hall–Kier alpha value is -1.55. The lowest BCUT2D eigenvalue weighted by molar-refractivity contribution is 0.0956. The fourth-order valence-electron chi connectivity index (χ4n) is 1.96. The molecule has 0 bridgehead atoms. The summed E-state index contributed by atoms with van der Waals surface area (Å²) in [5.41, 5.74) is 2.80. The lowest BCUT2D eigenvalue weighted by atomic mass is 10.0. The molecule has 1 unspecified atom stereocenters. The highest BCUT2D eigenvalue weighted by molar-refractivity contribution is 5.95. The molecule has 0 radical (unpaired) electrons. The first kappa shape index (κ1) is 16.5. The Kier molecular flexibility index (Phi) is 6.52. The lowest BCUT2D eigenvalue weighted by Gasteiger charge is -2.24. The van der Waals surface area contributed by atoms with Crippen molar-refractivity contribution in [2.45, 2.75) is 33.7 Å². The summed E-state index contributed by atoms with van der Waals surface area (Å²) in [5, 5.41) is 6.30. The Labute approximate surface area is 121 Å². The van der Waals surface area contributed by atoms with E-state index in [1.165, 1.54) is 0 Å². The number of rotatable bonds is 7. The summed E-state index contributed by atoms with van der Waals surface area (Å²) >= 11 is 0. The van der Waals surface area contributed by atoms with Gasteiger partial charge in [-0.3, -0.25) is 4.79 Å². The van der Waals surface area contributed by atoms with Crippen molar-refractivity contribution in [1.82, 2.24) is 5.32 Å². The van der Waals surface area contributed by atoms with Crippen LogP contribution in [0, 0.1) is 12.8 Å². The molecule has 0 saturated heterocycles. The number of ether oxygens (including phenoxy) is 1. The highest BCUT2D eigenvalue weighted by Gasteiger charge is 2.15. The Bertz CT molecular complexity index is 444. The van der Waals surface area contributed by atoms with Gasteiger partial charge in [-0.1, -0.05) is 19.9 Å². The Balaban J connectivity index is 2.93. The maximum absolute atomic E-state index is 11.9. The average molecular weight is 278 g/mol. The molecule has 4 heteroatoms. The van der Waals surface area contributed by atoms with E-state index in [9.17, 15) is 4.79 Å². The van der Waals surface area contributed by atoms with Gasteiger partial charge in [0.05, 0.1) is 12.6 Å². The molecule has 1 rings (SSSR count). The summed E-state index contributed by atoms with van der Waals surface area (Å²) in [4.78, 5) is 11.9. The van der Waals surface area contributed by atoms with Gasteiger partial charge in [-0.2, -0.15) is 0 Å². The SMILES string of the molecule is CCNC(=O)c1ccc(C)c(NC(COC)C(C)C)c1. The minimum atomic E-state index is -0.0385. The van der Waals surface area contributed by atoms with Crippen molar-refractivity contribution < 1.29 is 9.53 Å². The van der Waals surface area contributed by atoms with E-state index in [1.807, 2.05) is 32.0 Å². The standard InChI is InChI=1S/C16H26N2O2/c1-6-17-16(19)13-8-7-12(4)14(9-13)18-15(10-20-5)11(2)3/h7-9,11,15,18H,6,10H2,1-5H3,(H,17,19). The van der Waals surface area contributed by atoms with Crippen LogP contribution in [0.2, 0.25) is 0 Å². The van der Waals surface area contributed by atoms with E-state index in [0.29, 0.717) is 24.6 Å². The van der Waals surface area contributed by atoms with E-state index < -0.39 is 0 Å². The Morgan fingerprint density at radius 2 is 2.05 bits per heavy atom. The van der Waals surface area contributed by atoms with Gasteiger partial charge in [0.25, 0.3) is 5.91 Å². The van der Waals surface area contributed by atoms with Gasteiger partial charge in [0.15, 0.2) is 0 Å². The Morgan fingerprint density at radius 3 is 2.60 bits per heavy atom. The van der Waals surface area contributed by atoms with Crippen molar-refractivity contribution >= 4 is 11.6 Å². The van der Waals surface area contributed by atoms with Crippen LogP contribution in [0.15, 0.2) is 18.2 Å². The summed E-state index contributed by atoms with van der Waals surface area (Å²) in [6.45, 7) is 9.53. The molecule has 1 aromatic carbocycles. The topological polar surface area (TPSA) is 50.4 Å². The van der Waals surface area contributed by atoms with Crippen molar-refractivity contribution in [3.05, 3.63) is 29.3 Å². The molecule has 4 nitrogen and oxygen atoms in total. The second-order valence-corrected chi connectivity index (χ2v) is 5.34. The van der Waals surface area contributed by atoms with Crippen LogP contribution in [0.4, 0.5) is 5.69 Å². The molecule has 0 aromatic heterocycles. The summed E-state index contributed by atoms with van der Waals surface area (Å²) < 4.78 is 5.25. The Morgan fingerprint density at radius 1 is 1.35 bits per heavy atom. The van der Waals surface area contributed by atoms with Gasteiger partial charge in [0.2, 0.25) is 0 Å². The van der Waals surface area contributed by atoms with Gasteiger partial charge in [-0.15, -0.1) is 0 Å². The minimum absolute atomic E-state index is 0.0385. The molecule has 112 valence electrons. The van der Waals surface area contributed by atoms with E-state index in [-0.39, 0.29) is 11.9 Å². The number of amides is 1. The number of aryl methyl sites for hydroxylation is 1. The van der Waals surface area contributed by atoms with Crippen LogP contribution in [-0.4, -0.2) is 32.2 Å². The van der Waals surface area contributed by atoms with E-state index in [1.54, 1.807) is 7.11 Å². The third-order valence-corrected chi connectivity index (χ3v) is 3.33. The molecule has 0 fully saturated rings. The van der Waals surface area contributed by atoms with Crippen LogP contribution in [0.1, 0.15) is 36.7 Å². The number of anilines is 1.